The number of rotatable bonds is 5. The molecule has 1 aromatic carbocycles. The number of likely N-dealkylation sites (tertiary alicyclic amines) is 1. The Morgan fingerprint density at radius 1 is 1.18 bits per heavy atom. The maximum absolute atomic E-state index is 12.9. The van der Waals surface area contributed by atoms with Gasteiger partial charge in [0.2, 0.25) is 5.91 Å². The number of nitrogens with two attached hydrogens (primary N) is 1. The molecule has 1 saturated carbocycles. The summed E-state index contributed by atoms with van der Waals surface area (Å²) < 4.78 is 0. The number of aliphatic hydroxyl groups excluding tert-OH is 1. The van der Waals surface area contributed by atoms with Crippen molar-refractivity contribution >= 4 is 17.6 Å². The number of amides is 3. The topological polar surface area (TPSA) is 90.1 Å². The van der Waals surface area contributed by atoms with Crippen molar-refractivity contribution < 1.29 is 14.7 Å². The quantitative estimate of drug-likeness (QED) is 0.794. The molecule has 2 unspecified atom stereocenters. The largest absolute Gasteiger partial charge is 0.392 e. The van der Waals surface area contributed by atoms with Gasteiger partial charge in [0.05, 0.1) is 12.1 Å². The third-order valence-corrected chi connectivity index (χ3v) is 7.07. The standard InChI is InChI=1S/C21H28N4O3/c22-19(27)18-17-2-1-10-24(17)20(28)25(18)15-5-3-14(4-6-15)21(8-9-21)13-23-11-7-16(26)12-23/h3-6,16-18,26H,1-2,7-13H2,(H2,22,27)/t16?,17-,18?/m1/s1. The first-order valence-electron chi connectivity index (χ1n) is 10.4. The predicted molar refractivity (Wildman–Crippen MR) is 105 cm³/mol. The van der Waals surface area contributed by atoms with Gasteiger partial charge in [0, 0.05) is 37.3 Å². The molecule has 0 spiro atoms. The summed E-state index contributed by atoms with van der Waals surface area (Å²) >= 11 is 0. The van der Waals surface area contributed by atoms with Gasteiger partial charge < -0.3 is 15.7 Å². The monoisotopic (exact) mass is 384 g/mol. The third kappa shape index (κ3) is 2.79. The number of benzene rings is 1. The van der Waals surface area contributed by atoms with Gasteiger partial charge in [-0.05, 0) is 49.8 Å². The van der Waals surface area contributed by atoms with E-state index in [4.69, 9.17) is 5.73 Å². The molecule has 3 atom stereocenters. The minimum atomic E-state index is -0.582. The van der Waals surface area contributed by atoms with Crippen LogP contribution in [0, 0.1) is 0 Å². The Hall–Kier alpha value is -2.12. The first kappa shape index (κ1) is 17.9. The number of hydrogen-bond acceptors (Lipinski definition) is 4. The zero-order chi connectivity index (χ0) is 19.5. The summed E-state index contributed by atoms with van der Waals surface area (Å²) in [5.74, 6) is -0.432. The number of aliphatic hydroxyl groups is 1. The van der Waals surface area contributed by atoms with Crippen LogP contribution in [0.1, 0.15) is 37.7 Å². The second kappa shape index (κ2) is 6.46. The molecule has 3 N–H and O–H groups in total. The molecule has 1 aliphatic carbocycles. The first-order valence-corrected chi connectivity index (χ1v) is 10.4. The Kier molecular flexibility index (Phi) is 4.14. The Bertz CT molecular complexity index is 791. The third-order valence-electron chi connectivity index (χ3n) is 7.07. The second-order valence-corrected chi connectivity index (χ2v) is 8.91. The zero-order valence-electron chi connectivity index (χ0n) is 16.1. The number of β-amino-alcohol motifs (C(OH)–C–C–N with tert-alkyl or cyclic N) is 1. The summed E-state index contributed by atoms with van der Waals surface area (Å²) in [6.45, 7) is 3.40. The number of nitrogens with zero attached hydrogens (tertiary/aromatic N) is 3. The summed E-state index contributed by atoms with van der Waals surface area (Å²) in [5.41, 5.74) is 7.86. The van der Waals surface area contributed by atoms with Gasteiger partial charge in [-0.15, -0.1) is 0 Å². The van der Waals surface area contributed by atoms with E-state index in [-0.39, 0.29) is 23.6 Å². The maximum atomic E-state index is 12.9. The van der Waals surface area contributed by atoms with Crippen LogP contribution in [0.2, 0.25) is 0 Å². The van der Waals surface area contributed by atoms with Gasteiger partial charge in [0.25, 0.3) is 0 Å². The van der Waals surface area contributed by atoms with Crippen molar-refractivity contribution in [3.8, 4) is 0 Å². The molecule has 28 heavy (non-hydrogen) atoms. The number of hydrogen-bond donors (Lipinski definition) is 2. The van der Waals surface area contributed by atoms with Crippen molar-refractivity contribution in [1.29, 1.82) is 0 Å². The molecule has 1 aromatic rings. The van der Waals surface area contributed by atoms with Crippen molar-refractivity contribution in [2.75, 3.05) is 31.1 Å². The van der Waals surface area contributed by atoms with E-state index < -0.39 is 11.9 Å². The summed E-state index contributed by atoms with van der Waals surface area (Å²) in [6.07, 6.45) is 4.74. The van der Waals surface area contributed by atoms with Crippen molar-refractivity contribution in [3.63, 3.8) is 0 Å². The summed E-state index contributed by atoms with van der Waals surface area (Å²) in [6, 6.07) is 7.34. The zero-order valence-corrected chi connectivity index (χ0v) is 16.1. The molecule has 0 bridgehead atoms. The Morgan fingerprint density at radius 2 is 1.93 bits per heavy atom. The van der Waals surface area contributed by atoms with Gasteiger partial charge in [0.15, 0.2) is 0 Å². The van der Waals surface area contributed by atoms with Gasteiger partial charge in [-0.2, -0.15) is 0 Å². The Morgan fingerprint density at radius 3 is 2.54 bits per heavy atom. The van der Waals surface area contributed by atoms with E-state index in [1.54, 1.807) is 9.80 Å². The minimum absolute atomic E-state index is 0.0963. The molecule has 7 heteroatoms. The fourth-order valence-electron chi connectivity index (χ4n) is 5.42. The van der Waals surface area contributed by atoms with Crippen molar-refractivity contribution in [2.24, 2.45) is 5.73 Å². The van der Waals surface area contributed by atoms with Gasteiger partial charge in [-0.3, -0.25) is 14.6 Å². The molecule has 4 fully saturated rings. The highest BCUT2D eigenvalue weighted by Crippen LogP contribution is 2.49. The molecule has 3 heterocycles. The van der Waals surface area contributed by atoms with Gasteiger partial charge in [0.1, 0.15) is 6.04 Å². The summed E-state index contributed by atoms with van der Waals surface area (Å²) in [7, 11) is 0. The highest BCUT2D eigenvalue weighted by atomic mass is 16.3. The van der Waals surface area contributed by atoms with Crippen LogP contribution < -0.4 is 10.6 Å². The molecular formula is C21H28N4O3. The van der Waals surface area contributed by atoms with E-state index in [1.165, 1.54) is 5.56 Å². The van der Waals surface area contributed by atoms with Gasteiger partial charge in [-0.1, -0.05) is 12.1 Å². The van der Waals surface area contributed by atoms with Crippen molar-refractivity contribution in [2.45, 2.75) is 55.7 Å². The summed E-state index contributed by atoms with van der Waals surface area (Å²) in [4.78, 5) is 30.7. The van der Waals surface area contributed by atoms with E-state index in [1.807, 2.05) is 12.1 Å². The Labute approximate surface area is 165 Å². The second-order valence-electron chi connectivity index (χ2n) is 8.91. The number of primary amides is 1. The van der Waals surface area contributed by atoms with Crippen LogP contribution in [0.4, 0.5) is 10.5 Å². The van der Waals surface area contributed by atoms with Gasteiger partial charge in [-0.25, -0.2) is 4.79 Å². The minimum Gasteiger partial charge on any atom is -0.392 e. The lowest BCUT2D eigenvalue weighted by Gasteiger charge is -2.26. The molecule has 0 radical (unpaired) electrons. The van der Waals surface area contributed by atoms with Crippen LogP contribution in [-0.2, 0) is 10.2 Å². The molecule has 3 amide bonds. The lowest BCUT2D eigenvalue weighted by molar-refractivity contribution is -0.119. The van der Waals surface area contributed by atoms with Crippen LogP contribution in [-0.4, -0.2) is 71.2 Å². The van der Waals surface area contributed by atoms with E-state index >= 15 is 0 Å². The normalized spacial score (nSPS) is 31.5. The average Bonchev–Trinajstić information content (AvgIpc) is 3.00. The van der Waals surface area contributed by atoms with Gasteiger partial charge >= 0.3 is 6.03 Å². The number of carbonyl (C=O) groups is 2. The molecular weight excluding hydrogens is 356 g/mol. The molecule has 0 aromatic heterocycles. The number of fused-ring (bicyclic) bond motifs is 1. The van der Waals surface area contributed by atoms with Crippen LogP contribution in [0.15, 0.2) is 24.3 Å². The van der Waals surface area contributed by atoms with E-state index in [2.05, 4.69) is 17.0 Å². The van der Waals surface area contributed by atoms with E-state index in [0.29, 0.717) is 6.54 Å². The van der Waals surface area contributed by atoms with E-state index in [0.717, 1.165) is 57.4 Å². The SMILES string of the molecule is NC(=O)C1[C@H]2CCCN2C(=O)N1c1ccc(C2(CN3CCC(O)C3)CC2)cc1. The van der Waals surface area contributed by atoms with Crippen LogP contribution >= 0.6 is 0 Å². The Balaban J connectivity index is 1.36. The summed E-state index contributed by atoms with van der Waals surface area (Å²) in [5, 5.41) is 9.79. The molecule has 7 nitrogen and oxygen atoms in total. The number of urea groups is 1. The maximum Gasteiger partial charge on any atom is 0.325 e. The van der Waals surface area contributed by atoms with Crippen molar-refractivity contribution in [1.82, 2.24) is 9.80 Å². The highest BCUT2D eigenvalue weighted by Gasteiger charge is 2.51. The smallest absolute Gasteiger partial charge is 0.325 e. The lowest BCUT2D eigenvalue weighted by Crippen LogP contribution is -2.46. The number of carbonyl (C=O) groups excluding carboxylic acids is 2. The van der Waals surface area contributed by atoms with Crippen LogP contribution in [0.25, 0.3) is 0 Å². The fourth-order valence-corrected chi connectivity index (χ4v) is 5.42. The molecule has 5 rings (SSSR count). The van der Waals surface area contributed by atoms with Crippen LogP contribution in [0.3, 0.4) is 0 Å². The fraction of sp³-hybridized carbons (Fsp3) is 0.619. The van der Waals surface area contributed by atoms with Crippen molar-refractivity contribution in [3.05, 3.63) is 29.8 Å². The highest BCUT2D eigenvalue weighted by molar-refractivity contribution is 6.03. The van der Waals surface area contributed by atoms with E-state index in [9.17, 15) is 14.7 Å². The van der Waals surface area contributed by atoms with Crippen LogP contribution in [0.5, 0.6) is 0 Å². The molecule has 3 saturated heterocycles. The first-order chi connectivity index (χ1) is 13.5. The lowest BCUT2D eigenvalue weighted by atomic mass is 9.94. The molecule has 150 valence electrons. The molecule has 4 aliphatic rings. The predicted octanol–water partition coefficient (Wildman–Crippen LogP) is 1.04. The average molecular weight is 384 g/mol. The number of anilines is 1. The molecule has 3 aliphatic heterocycles.